The number of fused-ring (bicyclic) bond motifs is 1. The molecule has 31 heavy (non-hydrogen) atoms. The average Bonchev–Trinajstić information content (AvgIpc) is 3.48. The Hall–Kier alpha value is -3.22. The molecule has 0 saturated carbocycles. The van der Waals surface area contributed by atoms with E-state index in [1.807, 2.05) is 29.2 Å². The summed E-state index contributed by atoms with van der Waals surface area (Å²) in [5.41, 5.74) is 4.51. The van der Waals surface area contributed by atoms with Crippen molar-refractivity contribution in [3.05, 3.63) is 59.2 Å². The van der Waals surface area contributed by atoms with Crippen LogP contribution in [0.1, 0.15) is 29.5 Å². The summed E-state index contributed by atoms with van der Waals surface area (Å²) >= 11 is 0. The Bertz CT molecular complexity index is 937. The molecule has 0 aromatic heterocycles. The van der Waals surface area contributed by atoms with Gasteiger partial charge in [-0.1, -0.05) is 24.3 Å². The van der Waals surface area contributed by atoms with Gasteiger partial charge in [-0.15, -0.1) is 0 Å². The lowest BCUT2D eigenvalue weighted by Gasteiger charge is -2.17. The average molecular weight is 422 g/mol. The Morgan fingerprint density at radius 1 is 1.10 bits per heavy atom. The van der Waals surface area contributed by atoms with Crippen molar-refractivity contribution in [2.24, 2.45) is 4.99 Å². The number of guanidine groups is 1. The molecule has 0 bridgehead atoms. The predicted molar refractivity (Wildman–Crippen MR) is 124 cm³/mol. The van der Waals surface area contributed by atoms with Gasteiger partial charge < -0.3 is 25.6 Å². The molecule has 164 valence electrons. The molecule has 2 aromatic carbocycles. The Balaban J connectivity index is 1.23. The SMILES string of the molecule is CN=C(NCCc1ccc2c(c1)CCO2)NCc1cccc(NC(=O)N2CCCC2)c1. The number of hydrogen-bond donors (Lipinski definition) is 3. The number of urea groups is 1. The maximum Gasteiger partial charge on any atom is 0.321 e. The smallest absolute Gasteiger partial charge is 0.321 e. The third kappa shape index (κ3) is 5.69. The largest absolute Gasteiger partial charge is 0.493 e. The molecule has 7 heteroatoms. The highest BCUT2D eigenvalue weighted by Crippen LogP contribution is 2.25. The number of anilines is 1. The van der Waals surface area contributed by atoms with Crippen molar-refractivity contribution in [1.29, 1.82) is 0 Å². The van der Waals surface area contributed by atoms with Crippen LogP contribution in [0.15, 0.2) is 47.5 Å². The van der Waals surface area contributed by atoms with Crippen LogP contribution in [0, 0.1) is 0 Å². The van der Waals surface area contributed by atoms with Gasteiger partial charge in [0, 0.05) is 45.3 Å². The zero-order chi connectivity index (χ0) is 21.5. The van der Waals surface area contributed by atoms with E-state index in [0.29, 0.717) is 6.54 Å². The molecule has 2 aliphatic heterocycles. The van der Waals surface area contributed by atoms with Crippen molar-refractivity contribution < 1.29 is 9.53 Å². The standard InChI is InChI=1S/C24H31N5O2/c1-25-23(26-11-9-18-7-8-22-20(15-18)10-14-31-22)27-17-19-5-4-6-21(16-19)28-24(30)29-12-2-3-13-29/h4-8,15-16H,2-3,9-14,17H2,1H3,(H,28,30)(H2,25,26,27). The Kier molecular flexibility index (Phi) is 6.92. The Morgan fingerprint density at radius 2 is 1.97 bits per heavy atom. The molecule has 0 radical (unpaired) electrons. The number of amides is 2. The number of carbonyl (C=O) groups excluding carboxylic acids is 1. The van der Waals surface area contributed by atoms with Crippen LogP contribution >= 0.6 is 0 Å². The second-order valence-electron chi connectivity index (χ2n) is 7.97. The molecule has 0 aliphatic carbocycles. The lowest BCUT2D eigenvalue weighted by molar-refractivity contribution is 0.222. The molecule has 7 nitrogen and oxygen atoms in total. The summed E-state index contributed by atoms with van der Waals surface area (Å²) in [7, 11) is 1.77. The summed E-state index contributed by atoms with van der Waals surface area (Å²) in [5, 5.41) is 9.72. The zero-order valence-electron chi connectivity index (χ0n) is 18.1. The van der Waals surface area contributed by atoms with E-state index in [1.54, 1.807) is 7.05 Å². The number of likely N-dealkylation sites (tertiary alicyclic amines) is 1. The second-order valence-corrected chi connectivity index (χ2v) is 7.97. The first kappa shape index (κ1) is 21.0. The van der Waals surface area contributed by atoms with Gasteiger partial charge in [0.1, 0.15) is 5.75 Å². The third-order valence-electron chi connectivity index (χ3n) is 5.72. The summed E-state index contributed by atoms with van der Waals surface area (Å²) in [6, 6.07) is 14.3. The summed E-state index contributed by atoms with van der Waals surface area (Å²) in [6.07, 6.45) is 4.10. The van der Waals surface area contributed by atoms with Crippen LogP contribution in [-0.2, 0) is 19.4 Å². The highest BCUT2D eigenvalue weighted by molar-refractivity contribution is 5.89. The van der Waals surface area contributed by atoms with Gasteiger partial charge in [-0.05, 0) is 54.2 Å². The van der Waals surface area contributed by atoms with Gasteiger partial charge in [0.15, 0.2) is 5.96 Å². The number of rotatable bonds is 6. The highest BCUT2D eigenvalue weighted by Gasteiger charge is 2.17. The summed E-state index contributed by atoms with van der Waals surface area (Å²) in [6.45, 7) is 3.90. The van der Waals surface area contributed by atoms with Crippen LogP contribution in [0.2, 0.25) is 0 Å². The molecule has 2 aliphatic rings. The van der Waals surface area contributed by atoms with Crippen molar-refractivity contribution in [3.8, 4) is 5.75 Å². The molecule has 1 saturated heterocycles. The molecule has 0 unspecified atom stereocenters. The van der Waals surface area contributed by atoms with Crippen LogP contribution in [0.3, 0.4) is 0 Å². The Morgan fingerprint density at radius 3 is 2.81 bits per heavy atom. The van der Waals surface area contributed by atoms with E-state index in [2.05, 4.69) is 39.1 Å². The highest BCUT2D eigenvalue weighted by atomic mass is 16.5. The van der Waals surface area contributed by atoms with Crippen LogP contribution in [0.5, 0.6) is 5.75 Å². The van der Waals surface area contributed by atoms with Crippen molar-refractivity contribution in [3.63, 3.8) is 0 Å². The summed E-state index contributed by atoms with van der Waals surface area (Å²) in [5.74, 6) is 1.78. The summed E-state index contributed by atoms with van der Waals surface area (Å²) in [4.78, 5) is 18.5. The van der Waals surface area contributed by atoms with Gasteiger partial charge in [0.25, 0.3) is 0 Å². The maximum atomic E-state index is 12.3. The molecule has 2 heterocycles. The van der Waals surface area contributed by atoms with Crippen LogP contribution in [0.25, 0.3) is 0 Å². The zero-order valence-corrected chi connectivity index (χ0v) is 18.1. The molecule has 3 N–H and O–H groups in total. The second kappa shape index (κ2) is 10.2. The van der Waals surface area contributed by atoms with E-state index in [-0.39, 0.29) is 6.03 Å². The fraction of sp³-hybridized carbons (Fsp3) is 0.417. The predicted octanol–water partition coefficient (Wildman–Crippen LogP) is 3.16. The molecule has 0 spiro atoms. The number of hydrogen-bond acceptors (Lipinski definition) is 3. The van der Waals surface area contributed by atoms with E-state index in [1.165, 1.54) is 11.1 Å². The molecule has 0 atom stereocenters. The van der Waals surface area contributed by atoms with Crippen molar-refractivity contribution in [2.75, 3.05) is 38.6 Å². The van der Waals surface area contributed by atoms with Crippen LogP contribution < -0.4 is 20.7 Å². The monoisotopic (exact) mass is 421 g/mol. The van der Waals surface area contributed by atoms with E-state index in [4.69, 9.17) is 4.74 Å². The van der Waals surface area contributed by atoms with Crippen molar-refractivity contribution in [1.82, 2.24) is 15.5 Å². The fourth-order valence-electron chi connectivity index (χ4n) is 4.01. The minimum Gasteiger partial charge on any atom is -0.493 e. The molecular formula is C24H31N5O2. The Labute approximate surface area is 183 Å². The van der Waals surface area contributed by atoms with Gasteiger partial charge in [0.2, 0.25) is 0 Å². The molecule has 2 aromatic rings. The first-order valence-corrected chi connectivity index (χ1v) is 11.1. The van der Waals surface area contributed by atoms with E-state index >= 15 is 0 Å². The number of aliphatic imine (C=N–C) groups is 1. The number of nitrogens with zero attached hydrogens (tertiary/aromatic N) is 2. The minimum absolute atomic E-state index is 0.0156. The molecule has 1 fully saturated rings. The molecule has 4 rings (SSSR count). The topological polar surface area (TPSA) is 78.0 Å². The molecule has 2 amide bonds. The van der Waals surface area contributed by atoms with E-state index in [9.17, 15) is 4.79 Å². The quantitative estimate of drug-likeness (QED) is 0.495. The fourth-order valence-corrected chi connectivity index (χ4v) is 4.01. The van der Waals surface area contributed by atoms with Crippen LogP contribution in [-0.4, -0.2) is 50.2 Å². The van der Waals surface area contributed by atoms with Crippen molar-refractivity contribution in [2.45, 2.75) is 32.2 Å². The minimum atomic E-state index is -0.0156. The van der Waals surface area contributed by atoms with Gasteiger partial charge in [-0.3, -0.25) is 4.99 Å². The van der Waals surface area contributed by atoms with E-state index in [0.717, 1.165) is 74.9 Å². The summed E-state index contributed by atoms with van der Waals surface area (Å²) < 4.78 is 5.57. The number of nitrogens with one attached hydrogen (secondary N) is 3. The number of benzene rings is 2. The number of carbonyl (C=O) groups is 1. The van der Waals surface area contributed by atoms with Gasteiger partial charge in [-0.2, -0.15) is 0 Å². The number of ether oxygens (including phenoxy) is 1. The maximum absolute atomic E-state index is 12.3. The van der Waals surface area contributed by atoms with Gasteiger partial charge >= 0.3 is 6.03 Å². The normalized spacial score (nSPS) is 15.4. The lowest BCUT2D eigenvalue weighted by Crippen LogP contribution is -2.37. The van der Waals surface area contributed by atoms with Gasteiger partial charge in [0.05, 0.1) is 6.61 Å². The van der Waals surface area contributed by atoms with E-state index < -0.39 is 0 Å². The first-order chi connectivity index (χ1) is 15.2. The van der Waals surface area contributed by atoms with Crippen molar-refractivity contribution >= 4 is 17.7 Å². The lowest BCUT2D eigenvalue weighted by atomic mass is 10.1. The third-order valence-corrected chi connectivity index (χ3v) is 5.72. The van der Waals surface area contributed by atoms with Gasteiger partial charge in [-0.25, -0.2) is 4.79 Å². The van der Waals surface area contributed by atoms with Crippen LogP contribution in [0.4, 0.5) is 10.5 Å². The molecular weight excluding hydrogens is 390 g/mol. The first-order valence-electron chi connectivity index (χ1n) is 11.1.